The summed E-state index contributed by atoms with van der Waals surface area (Å²) in [4.78, 5) is 40.4. The number of carbonyl (C=O) groups excluding carboxylic acids is 3. The number of imide groups is 1. The molecule has 4 amide bonds. The van der Waals surface area contributed by atoms with E-state index in [0.29, 0.717) is 12.8 Å². The molecule has 2 aliphatic heterocycles. The van der Waals surface area contributed by atoms with E-state index in [2.05, 4.69) is 5.32 Å². The molecule has 0 atom stereocenters. The standard InChI is InChI=1S/C15H23F3N4O3/c1-3-14(4-2)12(24)22(13(25)19-14)9-11(23)21-7-5-20(6-8-21)10-15(16,17)18/h3-10H2,1-2H3,(H,19,25). The van der Waals surface area contributed by atoms with Gasteiger partial charge in [-0.15, -0.1) is 0 Å². The van der Waals surface area contributed by atoms with Crippen molar-refractivity contribution in [2.45, 2.75) is 38.4 Å². The Kier molecular flexibility index (Phi) is 5.60. The Morgan fingerprint density at radius 1 is 1.12 bits per heavy atom. The number of piperazine rings is 1. The van der Waals surface area contributed by atoms with Gasteiger partial charge in [0.25, 0.3) is 5.91 Å². The smallest absolute Gasteiger partial charge is 0.339 e. The quantitative estimate of drug-likeness (QED) is 0.733. The summed E-state index contributed by atoms with van der Waals surface area (Å²) < 4.78 is 37.1. The van der Waals surface area contributed by atoms with Crippen molar-refractivity contribution in [3.8, 4) is 0 Å². The highest BCUT2D eigenvalue weighted by molar-refractivity contribution is 6.08. The van der Waals surface area contributed by atoms with Gasteiger partial charge in [-0.2, -0.15) is 13.2 Å². The average molecular weight is 364 g/mol. The molecule has 2 aliphatic rings. The third-order valence-corrected chi connectivity index (χ3v) is 4.87. The molecule has 0 aromatic carbocycles. The molecule has 0 unspecified atom stereocenters. The molecule has 2 rings (SSSR count). The van der Waals surface area contributed by atoms with E-state index in [1.165, 1.54) is 9.80 Å². The molecule has 0 bridgehead atoms. The maximum atomic E-state index is 12.5. The van der Waals surface area contributed by atoms with Gasteiger partial charge in [0.05, 0.1) is 6.54 Å². The highest BCUT2D eigenvalue weighted by atomic mass is 19.4. The van der Waals surface area contributed by atoms with E-state index in [1.54, 1.807) is 13.8 Å². The first-order valence-electron chi connectivity index (χ1n) is 8.33. The second kappa shape index (κ2) is 7.19. The Morgan fingerprint density at radius 3 is 2.12 bits per heavy atom. The first kappa shape index (κ1) is 19.5. The molecule has 0 aromatic heterocycles. The summed E-state index contributed by atoms with van der Waals surface area (Å²) in [6, 6.07) is -0.599. The summed E-state index contributed by atoms with van der Waals surface area (Å²) in [7, 11) is 0. The van der Waals surface area contributed by atoms with Gasteiger partial charge in [0.15, 0.2) is 0 Å². The van der Waals surface area contributed by atoms with Crippen LogP contribution in [0.25, 0.3) is 0 Å². The van der Waals surface area contributed by atoms with Crippen LogP contribution >= 0.6 is 0 Å². The number of urea groups is 1. The van der Waals surface area contributed by atoms with Crippen molar-refractivity contribution < 1.29 is 27.6 Å². The molecule has 0 spiro atoms. The first-order valence-corrected chi connectivity index (χ1v) is 8.33. The minimum Gasteiger partial charge on any atom is -0.339 e. The number of nitrogens with one attached hydrogen (secondary N) is 1. The first-order chi connectivity index (χ1) is 11.6. The van der Waals surface area contributed by atoms with E-state index < -0.39 is 36.1 Å². The summed E-state index contributed by atoms with van der Waals surface area (Å²) in [6.45, 7) is 2.69. The van der Waals surface area contributed by atoms with Gasteiger partial charge < -0.3 is 10.2 Å². The molecule has 10 heteroatoms. The lowest BCUT2D eigenvalue weighted by Crippen LogP contribution is -2.53. The van der Waals surface area contributed by atoms with E-state index in [1.807, 2.05) is 0 Å². The number of carbonyl (C=O) groups is 3. The van der Waals surface area contributed by atoms with Crippen LogP contribution in [0.15, 0.2) is 0 Å². The van der Waals surface area contributed by atoms with Crippen LogP contribution < -0.4 is 5.32 Å². The summed E-state index contributed by atoms with van der Waals surface area (Å²) in [5.74, 6) is -0.857. The number of halogens is 3. The number of rotatable bonds is 5. The predicted molar refractivity (Wildman–Crippen MR) is 82.6 cm³/mol. The van der Waals surface area contributed by atoms with Crippen LogP contribution in [0.4, 0.5) is 18.0 Å². The Balaban J connectivity index is 1.91. The van der Waals surface area contributed by atoms with Gasteiger partial charge in [-0.3, -0.25) is 19.4 Å². The second-order valence-corrected chi connectivity index (χ2v) is 6.38. The lowest BCUT2D eigenvalue weighted by Gasteiger charge is -2.35. The molecule has 0 aromatic rings. The molecule has 2 fully saturated rings. The largest absolute Gasteiger partial charge is 0.401 e. The lowest BCUT2D eigenvalue weighted by molar-refractivity contribution is -0.152. The van der Waals surface area contributed by atoms with Gasteiger partial charge in [-0.25, -0.2) is 4.79 Å². The zero-order valence-corrected chi connectivity index (χ0v) is 14.4. The van der Waals surface area contributed by atoms with Crippen LogP contribution in [0.5, 0.6) is 0 Å². The van der Waals surface area contributed by atoms with Crippen LogP contribution in [0.2, 0.25) is 0 Å². The third kappa shape index (κ3) is 4.23. The van der Waals surface area contributed by atoms with Gasteiger partial charge in [0, 0.05) is 26.2 Å². The molecule has 2 saturated heterocycles. The maximum absolute atomic E-state index is 12.5. The molecule has 0 radical (unpaired) electrons. The highest BCUT2D eigenvalue weighted by Crippen LogP contribution is 2.25. The molecular formula is C15H23F3N4O3. The zero-order valence-electron chi connectivity index (χ0n) is 14.4. The molecule has 1 N–H and O–H groups in total. The van der Waals surface area contributed by atoms with Crippen LogP contribution in [-0.2, 0) is 9.59 Å². The van der Waals surface area contributed by atoms with E-state index >= 15 is 0 Å². The number of hydrogen-bond acceptors (Lipinski definition) is 4. The summed E-state index contributed by atoms with van der Waals surface area (Å²) >= 11 is 0. The van der Waals surface area contributed by atoms with Crippen molar-refractivity contribution in [1.29, 1.82) is 0 Å². The maximum Gasteiger partial charge on any atom is 0.401 e. The fourth-order valence-electron chi connectivity index (χ4n) is 3.19. The molecule has 2 heterocycles. The van der Waals surface area contributed by atoms with Gasteiger partial charge in [-0.1, -0.05) is 13.8 Å². The fraction of sp³-hybridized carbons (Fsp3) is 0.800. The summed E-state index contributed by atoms with van der Waals surface area (Å²) in [6.07, 6.45) is -3.42. The third-order valence-electron chi connectivity index (χ3n) is 4.87. The molecule has 25 heavy (non-hydrogen) atoms. The Hall–Kier alpha value is -1.84. The SMILES string of the molecule is CCC1(CC)NC(=O)N(CC(=O)N2CCN(CC(F)(F)F)CC2)C1=O. The van der Waals surface area contributed by atoms with Crippen LogP contribution in [0, 0.1) is 0 Å². The number of amides is 4. The van der Waals surface area contributed by atoms with Crippen molar-refractivity contribution in [2.24, 2.45) is 0 Å². The van der Waals surface area contributed by atoms with Crippen LogP contribution in [-0.4, -0.2) is 83.5 Å². The monoisotopic (exact) mass is 364 g/mol. The van der Waals surface area contributed by atoms with Crippen molar-refractivity contribution in [3.05, 3.63) is 0 Å². The minimum absolute atomic E-state index is 0.110. The van der Waals surface area contributed by atoms with E-state index in [9.17, 15) is 27.6 Å². The summed E-state index contributed by atoms with van der Waals surface area (Å²) in [5.41, 5.74) is -0.969. The van der Waals surface area contributed by atoms with Crippen molar-refractivity contribution in [1.82, 2.24) is 20.0 Å². The number of alkyl halides is 3. The van der Waals surface area contributed by atoms with Crippen LogP contribution in [0.3, 0.4) is 0 Å². The van der Waals surface area contributed by atoms with E-state index in [-0.39, 0.29) is 32.7 Å². The molecule has 0 saturated carbocycles. The molecular weight excluding hydrogens is 341 g/mol. The topological polar surface area (TPSA) is 73.0 Å². The van der Waals surface area contributed by atoms with E-state index in [0.717, 1.165) is 4.90 Å². The Morgan fingerprint density at radius 2 is 1.68 bits per heavy atom. The normalized spacial score (nSPS) is 21.6. The minimum atomic E-state index is -4.27. The molecule has 0 aliphatic carbocycles. The van der Waals surface area contributed by atoms with Gasteiger partial charge in [0.2, 0.25) is 5.91 Å². The number of nitrogens with zero attached hydrogens (tertiary/aromatic N) is 3. The van der Waals surface area contributed by atoms with E-state index in [4.69, 9.17) is 0 Å². The predicted octanol–water partition coefficient (Wildman–Crippen LogP) is 0.804. The van der Waals surface area contributed by atoms with Crippen molar-refractivity contribution in [2.75, 3.05) is 39.3 Å². The van der Waals surface area contributed by atoms with Crippen molar-refractivity contribution >= 4 is 17.8 Å². The van der Waals surface area contributed by atoms with Crippen molar-refractivity contribution in [3.63, 3.8) is 0 Å². The average Bonchev–Trinajstić information content (AvgIpc) is 2.78. The van der Waals surface area contributed by atoms with Gasteiger partial charge in [-0.05, 0) is 12.8 Å². The fourth-order valence-corrected chi connectivity index (χ4v) is 3.19. The summed E-state index contributed by atoms with van der Waals surface area (Å²) in [5, 5.41) is 2.64. The number of hydrogen-bond donors (Lipinski definition) is 1. The molecule has 7 nitrogen and oxygen atoms in total. The molecule has 142 valence electrons. The van der Waals surface area contributed by atoms with Crippen LogP contribution in [0.1, 0.15) is 26.7 Å². The highest BCUT2D eigenvalue weighted by Gasteiger charge is 2.49. The van der Waals surface area contributed by atoms with Gasteiger partial charge >= 0.3 is 12.2 Å². The lowest BCUT2D eigenvalue weighted by atomic mass is 9.93. The Labute approximate surface area is 144 Å². The zero-order chi connectivity index (χ0) is 18.8. The van der Waals surface area contributed by atoms with Gasteiger partial charge in [0.1, 0.15) is 12.1 Å². The Bertz CT molecular complexity index is 541. The second-order valence-electron chi connectivity index (χ2n) is 6.38.